The molecule has 0 saturated carbocycles. The minimum Gasteiger partial charge on any atom is -0.354 e. The SMILES string of the molecule is O=C1NCCCN1c1cccc(Nc2ccc([N+](=O)[O-])cc2Cl)c1. The molecule has 0 aromatic heterocycles. The van der Waals surface area contributed by atoms with Crippen molar-refractivity contribution in [2.45, 2.75) is 6.42 Å². The maximum absolute atomic E-state index is 11.9. The van der Waals surface area contributed by atoms with E-state index in [1.165, 1.54) is 12.1 Å². The average molecular weight is 347 g/mol. The summed E-state index contributed by atoms with van der Waals surface area (Å²) < 4.78 is 0. The van der Waals surface area contributed by atoms with Crippen LogP contribution in [0.25, 0.3) is 0 Å². The number of non-ortho nitro benzene ring substituents is 1. The molecule has 1 aliphatic rings. The van der Waals surface area contributed by atoms with E-state index in [9.17, 15) is 14.9 Å². The predicted molar refractivity (Wildman–Crippen MR) is 93.2 cm³/mol. The number of nitro groups is 1. The Morgan fingerprint density at radius 3 is 2.79 bits per heavy atom. The summed E-state index contributed by atoms with van der Waals surface area (Å²) in [4.78, 5) is 23.9. The summed E-state index contributed by atoms with van der Waals surface area (Å²) in [5.41, 5.74) is 2.00. The molecule has 124 valence electrons. The fraction of sp³-hybridized carbons (Fsp3) is 0.188. The van der Waals surface area contributed by atoms with Crippen LogP contribution in [0.2, 0.25) is 5.02 Å². The molecule has 0 aliphatic carbocycles. The van der Waals surface area contributed by atoms with Crippen molar-refractivity contribution >= 4 is 40.4 Å². The van der Waals surface area contributed by atoms with Gasteiger partial charge in [-0.25, -0.2) is 4.79 Å². The number of hydrogen-bond donors (Lipinski definition) is 2. The maximum Gasteiger partial charge on any atom is 0.321 e. The van der Waals surface area contributed by atoms with Gasteiger partial charge >= 0.3 is 6.03 Å². The van der Waals surface area contributed by atoms with E-state index in [0.717, 1.165) is 17.8 Å². The Balaban J connectivity index is 1.82. The van der Waals surface area contributed by atoms with Gasteiger partial charge in [0.2, 0.25) is 0 Å². The standard InChI is InChI=1S/C16H15ClN4O3/c17-14-10-13(21(23)24)5-6-15(14)19-11-3-1-4-12(9-11)20-8-2-7-18-16(20)22/h1,3-6,9-10,19H,2,7-8H2,(H,18,22). The third-order valence-corrected chi connectivity index (χ3v) is 3.99. The van der Waals surface area contributed by atoms with E-state index >= 15 is 0 Å². The van der Waals surface area contributed by atoms with E-state index in [0.29, 0.717) is 18.8 Å². The van der Waals surface area contributed by atoms with Crippen molar-refractivity contribution < 1.29 is 9.72 Å². The Morgan fingerprint density at radius 2 is 2.08 bits per heavy atom. The highest BCUT2D eigenvalue weighted by atomic mass is 35.5. The van der Waals surface area contributed by atoms with Crippen LogP contribution in [-0.2, 0) is 0 Å². The first-order valence-electron chi connectivity index (χ1n) is 7.41. The number of hydrogen-bond acceptors (Lipinski definition) is 4. The van der Waals surface area contributed by atoms with E-state index in [-0.39, 0.29) is 16.7 Å². The number of nitrogens with zero attached hydrogens (tertiary/aromatic N) is 2. The molecule has 2 aromatic carbocycles. The molecule has 2 amide bonds. The predicted octanol–water partition coefficient (Wildman–Crippen LogP) is 3.91. The van der Waals surface area contributed by atoms with E-state index < -0.39 is 4.92 Å². The summed E-state index contributed by atoms with van der Waals surface area (Å²) in [7, 11) is 0. The van der Waals surface area contributed by atoms with Gasteiger partial charge in [-0.1, -0.05) is 17.7 Å². The molecule has 3 rings (SSSR count). The van der Waals surface area contributed by atoms with Crippen LogP contribution in [0, 0.1) is 10.1 Å². The van der Waals surface area contributed by atoms with E-state index in [4.69, 9.17) is 11.6 Å². The highest BCUT2D eigenvalue weighted by Crippen LogP contribution is 2.30. The number of nitro benzene ring substituents is 1. The molecule has 2 N–H and O–H groups in total. The second-order valence-corrected chi connectivity index (χ2v) is 5.74. The van der Waals surface area contributed by atoms with Gasteiger partial charge in [-0.3, -0.25) is 15.0 Å². The minimum atomic E-state index is -0.495. The lowest BCUT2D eigenvalue weighted by Crippen LogP contribution is -2.46. The number of benzene rings is 2. The van der Waals surface area contributed by atoms with Crippen molar-refractivity contribution in [3.05, 3.63) is 57.6 Å². The first kappa shape index (κ1) is 16.1. The molecular weight excluding hydrogens is 332 g/mol. The number of carbonyl (C=O) groups is 1. The fourth-order valence-corrected chi connectivity index (χ4v) is 2.72. The molecule has 0 unspecified atom stereocenters. The number of amides is 2. The third-order valence-electron chi connectivity index (χ3n) is 3.68. The molecule has 1 fully saturated rings. The van der Waals surface area contributed by atoms with Gasteiger partial charge in [0.1, 0.15) is 0 Å². The zero-order chi connectivity index (χ0) is 17.1. The zero-order valence-electron chi connectivity index (χ0n) is 12.7. The van der Waals surface area contributed by atoms with Crippen LogP contribution in [0.15, 0.2) is 42.5 Å². The Morgan fingerprint density at radius 1 is 1.25 bits per heavy atom. The second kappa shape index (κ2) is 6.76. The number of anilines is 3. The molecule has 1 aliphatic heterocycles. The van der Waals surface area contributed by atoms with Gasteiger partial charge in [0.15, 0.2) is 0 Å². The average Bonchev–Trinajstić information content (AvgIpc) is 2.57. The van der Waals surface area contributed by atoms with Crippen LogP contribution in [0.1, 0.15) is 6.42 Å². The molecule has 0 radical (unpaired) electrons. The van der Waals surface area contributed by atoms with Crippen molar-refractivity contribution in [2.75, 3.05) is 23.3 Å². The summed E-state index contributed by atoms with van der Waals surface area (Å²) in [6, 6.07) is 11.5. The van der Waals surface area contributed by atoms with Crippen molar-refractivity contribution in [3.63, 3.8) is 0 Å². The first-order valence-corrected chi connectivity index (χ1v) is 7.79. The van der Waals surface area contributed by atoms with Gasteiger partial charge in [0.05, 0.1) is 15.6 Å². The highest BCUT2D eigenvalue weighted by molar-refractivity contribution is 6.33. The van der Waals surface area contributed by atoms with Crippen LogP contribution in [0.4, 0.5) is 27.5 Å². The molecule has 8 heteroatoms. The van der Waals surface area contributed by atoms with Crippen molar-refractivity contribution in [1.82, 2.24) is 5.32 Å². The van der Waals surface area contributed by atoms with Crippen LogP contribution >= 0.6 is 11.6 Å². The van der Waals surface area contributed by atoms with Crippen LogP contribution in [-0.4, -0.2) is 24.0 Å². The molecule has 0 atom stereocenters. The monoisotopic (exact) mass is 346 g/mol. The number of nitrogens with one attached hydrogen (secondary N) is 2. The summed E-state index contributed by atoms with van der Waals surface area (Å²) in [5.74, 6) is 0. The second-order valence-electron chi connectivity index (χ2n) is 5.33. The smallest absolute Gasteiger partial charge is 0.321 e. The van der Waals surface area contributed by atoms with Gasteiger partial charge in [-0.05, 0) is 30.7 Å². The Labute approximate surface area is 143 Å². The Hall–Kier alpha value is -2.80. The molecular formula is C16H15ClN4O3. The topological polar surface area (TPSA) is 87.5 Å². The molecule has 24 heavy (non-hydrogen) atoms. The summed E-state index contributed by atoms with van der Waals surface area (Å²) in [6.07, 6.45) is 0.886. The van der Waals surface area contributed by atoms with Gasteiger partial charge in [-0.15, -0.1) is 0 Å². The highest BCUT2D eigenvalue weighted by Gasteiger charge is 2.19. The minimum absolute atomic E-state index is 0.0655. The Bertz CT molecular complexity index is 797. The van der Waals surface area contributed by atoms with Crippen molar-refractivity contribution in [2.24, 2.45) is 0 Å². The van der Waals surface area contributed by atoms with Crippen molar-refractivity contribution in [1.29, 1.82) is 0 Å². The third kappa shape index (κ3) is 3.41. The number of carbonyl (C=O) groups excluding carboxylic acids is 1. The van der Waals surface area contributed by atoms with Crippen LogP contribution in [0.5, 0.6) is 0 Å². The van der Waals surface area contributed by atoms with E-state index in [1.807, 2.05) is 24.3 Å². The summed E-state index contributed by atoms with van der Waals surface area (Å²) in [6.45, 7) is 1.35. The number of rotatable bonds is 4. The van der Waals surface area contributed by atoms with Crippen molar-refractivity contribution in [3.8, 4) is 0 Å². The summed E-state index contributed by atoms with van der Waals surface area (Å²) >= 11 is 6.09. The van der Waals surface area contributed by atoms with Gasteiger partial charge in [0.25, 0.3) is 5.69 Å². The lowest BCUT2D eigenvalue weighted by atomic mass is 10.2. The fourth-order valence-electron chi connectivity index (χ4n) is 2.50. The quantitative estimate of drug-likeness (QED) is 0.649. The molecule has 1 heterocycles. The summed E-state index contributed by atoms with van der Waals surface area (Å²) in [5, 5.41) is 16.9. The largest absolute Gasteiger partial charge is 0.354 e. The lowest BCUT2D eigenvalue weighted by Gasteiger charge is -2.27. The molecule has 7 nitrogen and oxygen atoms in total. The van der Waals surface area contributed by atoms with E-state index in [1.54, 1.807) is 11.0 Å². The molecule has 1 saturated heterocycles. The lowest BCUT2D eigenvalue weighted by molar-refractivity contribution is -0.384. The zero-order valence-corrected chi connectivity index (χ0v) is 13.4. The number of urea groups is 1. The number of halogens is 1. The first-order chi connectivity index (χ1) is 11.5. The molecule has 2 aromatic rings. The Kier molecular flexibility index (Phi) is 4.52. The van der Waals surface area contributed by atoms with Gasteiger partial charge < -0.3 is 10.6 Å². The van der Waals surface area contributed by atoms with Crippen LogP contribution < -0.4 is 15.5 Å². The van der Waals surface area contributed by atoms with E-state index in [2.05, 4.69) is 10.6 Å². The normalized spacial score (nSPS) is 14.2. The van der Waals surface area contributed by atoms with Gasteiger partial charge in [-0.2, -0.15) is 0 Å². The molecule has 0 bridgehead atoms. The maximum atomic E-state index is 11.9. The van der Waals surface area contributed by atoms with Crippen LogP contribution in [0.3, 0.4) is 0 Å². The van der Waals surface area contributed by atoms with Gasteiger partial charge in [0, 0.05) is 36.6 Å². The molecule has 0 spiro atoms.